The molecular weight excluding hydrogens is 456 g/mol. The molecule has 34 heavy (non-hydrogen) atoms. The molecule has 1 atom stereocenters. The van der Waals surface area contributed by atoms with Crippen LogP contribution in [0.3, 0.4) is 0 Å². The quantitative estimate of drug-likeness (QED) is 0.295. The predicted octanol–water partition coefficient (Wildman–Crippen LogP) is 2.99. The van der Waals surface area contributed by atoms with E-state index in [2.05, 4.69) is 4.98 Å². The zero-order valence-electron chi connectivity index (χ0n) is 18.7. The Morgan fingerprint density at radius 2 is 1.91 bits per heavy atom. The van der Waals surface area contributed by atoms with Crippen molar-refractivity contribution < 1.29 is 29.2 Å². The van der Waals surface area contributed by atoms with Crippen LogP contribution < -0.4 is 19.6 Å². The van der Waals surface area contributed by atoms with Gasteiger partial charge in [0, 0.05) is 17.2 Å². The number of ether oxygens (including phenoxy) is 2. The maximum absolute atomic E-state index is 13.6. The van der Waals surface area contributed by atoms with Crippen molar-refractivity contribution in [1.82, 2.24) is 4.90 Å². The van der Waals surface area contributed by atoms with Crippen molar-refractivity contribution in [2.45, 2.75) is 19.5 Å². The molecule has 3 aromatic rings. The van der Waals surface area contributed by atoms with Gasteiger partial charge < -0.3 is 19.5 Å². The number of pyridine rings is 1. The third-order valence-electron chi connectivity index (χ3n) is 5.58. The number of aromatic nitrogens is 1. The molecule has 0 spiro atoms. The van der Waals surface area contributed by atoms with Gasteiger partial charge in [0.05, 0.1) is 31.3 Å². The van der Waals surface area contributed by atoms with Crippen molar-refractivity contribution >= 4 is 29.1 Å². The van der Waals surface area contributed by atoms with Gasteiger partial charge in [-0.15, -0.1) is 0 Å². The molecule has 1 amide bonds. The standard InChI is InChI=1S/C26H23ClN2O5/c1-3-34-21-11-8-18(13-20(21)27)24(30)22-23(17-6-9-19(33-2)10-7-17)29(26(32)25(22)31)15-16-5-4-12-28-14-16/h4-14,23,30H,3,15H2,1-2H3. The molecule has 1 aromatic heterocycles. The van der Waals surface area contributed by atoms with Crippen LogP contribution in [0, 0.1) is 0 Å². The molecule has 8 heteroatoms. The molecule has 1 N–H and O–H groups in total. The van der Waals surface area contributed by atoms with Gasteiger partial charge in [-0.3, -0.25) is 9.59 Å². The average Bonchev–Trinajstić information content (AvgIpc) is 3.10. The summed E-state index contributed by atoms with van der Waals surface area (Å²) in [6.07, 6.45) is 3.49. The van der Waals surface area contributed by atoms with Gasteiger partial charge in [0.2, 0.25) is 5.78 Å². The van der Waals surface area contributed by atoms with Crippen LogP contribution in [-0.2, 0) is 16.1 Å². The molecule has 0 saturated carbocycles. The van der Waals surface area contributed by atoms with Gasteiger partial charge in [-0.05, 0) is 48.4 Å². The van der Waals surface area contributed by atoms with Crippen LogP contribution in [0.5, 0.6) is 11.5 Å². The summed E-state index contributed by atoms with van der Waals surface area (Å²) < 4.78 is 10.7. The van der Waals surface area contributed by atoms with E-state index >= 15 is 0 Å². The van der Waals surface area contributed by atoms with Crippen LogP contribution in [0.15, 0.2) is 72.6 Å². The smallest absolute Gasteiger partial charge is 0.295 e. The first kappa shape index (κ1) is 23.3. The van der Waals surface area contributed by atoms with Crippen LogP contribution in [0.2, 0.25) is 5.02 Å². The summed E-state index contributed by atoms with van der Waals surface area (Å²) in [6.45, 7) is 2.40. The molecule has 2 heterocycles. The van der Waals surface area contributed by atoms with Crippen molar-refractivity contribution in [2.75, 3.05) is 13.7 Å². The lowest BCUT2D eigenvalue weighted by molar-refractivity contribution is -0.378. The number of rotatable bonds is 7. The minimum atomic E-state index is -0.857. The van der Waals surface area contributed by atoms with E-state index in [1.807, 2.05) is 13.0 Å². The normalized spacial score (nSPS) is 17.1. The van der Waals surface area contributed by atoms with Crippen molar-refractivity contribution in [1.29, 1.82) is 0 Å². The van der Waals surface area contributed by atoms with E-state index in [0.717, 1.165) is 5.56 Å². The maximum Gasteiger partial charge on any atom is 0.295 e. The van der Waals surface area contributed by atoms with Gasteiger partial charge in [-0.25, -0.2) is 4.98 Å². The van der Waals surface area contributed by atoms with Gasteiger partial charge >= 0.3 is 0 Å². The number of nitrogens with zero attached hydrogens (tertiary/aromatic N) is 1. The summed E-state index contributed by atoms with van der Waals surface area (Å²) in [5.74, 6) is -1.05. The number of benzene rings is 2. The summed E-state index contributed by atoms with van der Waals surface area (Å²) in [7, 11) is 1.55. The van der Waals surface area contributed by atoms with E-state index < -0.39 is 23.5 Å². The van der Waals surface area contributed by atoms with Crippen LogP contribution in [0.4, 0.5) is 0 Å². The van der Waals surface area contributed by atoms with E-state index in [0.29, 0.717) is 23.7 Å². The zero-order valence-corrected chi connectivity index (χ0v) is 19.5. The number of likely N-dealkylation sites (tertiary alicyclic amines) is 1. The van der Waals surface area contributed by atoms with Crippen molar-refractivity contribution in [3.63, 3.8) is 0 Å². The van der Waals surface area contributed by atoms with Gasteiger partial charge in [-0.1, -0.05) is 35.6 Å². The first-order valence-electron chi connectivity index (χ1n) is 10.7. The Labute approximate surface area is 202 Å². The third kappa shape index (κ3) is 4.47. The Bertz CT molecular complexity index is 1240. The second-order valence-corrected chi connectivity index (χ2v) is 8.08. The number of hydrogen-bond donors (Lipinski definition) is 0. The number of nitrogens with one attached hydrogen (secondary N) is 1. The Balaban J connectivity index is 1.83. The van der Waals surface area contributed by atoms with Crippen LogP contribution in [0.25, 0.3) is 5.76 Å². The Kier molecular flexibility index (Phi) is 6.84. The summed E-state index contributed by atoms with van der Waals surface area (Å²) in [5.41, 5.74) is 1.51. The van der Waals surface area contributed by atoms with E-state index in [4.69, 9.17) is 21.1 Å². The van der Waals surface area contributed by atoms with Crippen molar-refractivity contribution in [3.8, 4) is 11.5 Å². The van der Waals surface area contributed by atoms with E-state index in [1.54, 1.807) is 62.0 Å². The van der Waals surface area contributed by atoms with Gasteiger partial charge in [-0.2, -0.15) is 0 Å². The number of halogens is 1. The van der Waals surface area contributed by atoms with E-state index in [1.165, 1.54) is 11.0 Å². The third-order valence-corrected chi connectivity index (χ3v) is 5.87. The second-order valence-electron chi connectivity index (χ2n) is 7.67. The van der Waals surface area contributed by atoms with Crippen LogP contribution >= 0.6 is 11.6 Å². The molecule has 1 aliphatic rings. The molecule has 1 aliphatic heterocycles. The molecule has 1 fully saturated rings. The van der Waals surface area contributed by atoms with Gasteiger partial charge in [0.15, 0.2) is 12.4 Å². The fourth-order valence-corrected chi connectivity index (χ4v) is 4.20. The lowest BCUT2D eigenvalue weighted by Gasteiger charge is -2.27. The lowest BCUT2D eigenvalue weighted by Crippen LogP contribution is -2.29. The molecule has 2 aromatic carbocycles. The highest BCUT2D eigenvalue weighted by Gasteiger charge is 2.44. The first-order valence-corrected chi connectivity index (χ1v) is 11.1. The number of amides is 1. The Morgan fingerprint density at radius 3 is 2.53 bits per heavy atom. The number of ketones is 1. The van der Waals surface area contributed by atoms with Crippen molar-refractivity contribution in [3.05, 3.63) is 94.3 Å². The molecule has 0 bridgehead atoms. The molecule has 0 radical (unpaired) electrons. The highest BCUT2D eigenvalue weighted by Crippen LogP contribution is 2.40. The lowest BCUT2D eigenvalue weighted by atomic mass is 9.95. The highest BCUT2D eigenvalue weighted by atomic mass is 35.5. The average molecular weight is 479 g/mol. The monoisotopic (exact) mass is 478 g/mol. The molecular formula is C26H23ClN2O5. The number of Topliss-reactive ketones (excluding diaryl/α,β-unsaturated/α-hetero) is 1. The maximum atomic E-state index is 13.6. The number of methoxy groups -OCH3 is 1. The number of carbonyl (C=O) groups excluding carboxylic acids is 2. The minimum absolute atomic E-state index is 0.115. The minimum Gasteiger partial charge on any atom is -0.872 e. The van der Waals surface area contributed by atoms with Crippen molar-refractivity contribution in [2.24, 2.45) is 0 Å². The summed E-state index contributed by atoms with van der Waals surface area (Å²) in [5, 5.41) is 13.8. The molecule has 174 valence electrons. The highest BCUT2D eigenvalue weighted by molar-refractivity contribution is 6.46. The van der Waals surface area contributed by atoms with Crippen LogP contribution in [0.1, 0.15) is 29.7 Å². The number of hydrogen-bond acceptors (Lipinski definition) is 5. The molecule has 4 rings (SSSR count). The Morgan fingerprint density at radius 1 is 1.15 bits per heavy atom. The van der Waals surface area contributed by atoms with Gasteiger partial charge in [0.25, 0.3) is 5.91 Å². The van der Waals surface area contributed by atoms with Gasteiger partial charge in [0.1, 0.15) is 11.5 Å². The zero-order chi connectivity index (χ0) is 24.2. The van der Waals surface area contributed by atoms with E-state index in [9.17, 15) is 14.7 Å². The predicted molar refractivity (Wildman–Crippen MR) is 124 cm³/mol. The number of H-pyrrole nitrogens is 1. The number of carbonyl (C=O) groups is 2. The molecule has 0 aliphatic carbocycles. The number of aromatic amines is 1. The first-order chi connectivity index (χ1) is 16.4. The summed E-state index contributed by atoms with van der Waals surface area (Å²) in [4.78, 5) is 30.6. The fourth-order valence-electron chi connectivity index (χ4n) is 3.96. The van der Waals surface area contributed by atoms with E-state index in [-0.39, 0.29) is 22.7 Å². The largest absolute Gasteiger partial charge is 0.872 e. The summed E-state index contributed by atoms with van der Waals surface area (Å²) in [6, 6.07) is 14.3. The molecule has 1 unspecified atom stereocenters. The molecule has 7 nitrogen and oxygen atoms in total. The second kappa shape index (κ2) is 9.97. The van der Waals surface area contributed by atoms with Crippen LogP contribution in [-0.4, -0.2) is 30.3 Å². The topological polar surface area (TPSA) is 93.0 Å². The summed E-state index contributed by atoms with van der Waals surface area (Å²) >= 11 is 6.28. The molecule has 1 saturated heterocycles. The fraction of sp³-hybridized carbons (Fsp3) is 0.192. The Hall–Kier alpha value is -3.84. The SMILES string of the molecule is CCOc1ccc(C([O-])=C2C(=O)C(=O)N(Cc3ccc[nH+]c3)C2c2ccc(OC)cc2)cc1Cl.